The molecule has 4 rings (SSSR count). The molecule has 0 N–H and O–H groups in total. The fourth-order valence-corrected chi connectivity index (χ4v) is 4.10. The van der Waals surface area contributed by atoms with Crippen LogP contribution in [0, 0.1) is 6.92 Å². The summed E-state index contributed by atoms with van der Waals surface area (Å²) in [5.41, 5.74) is 0.474. The fourth-order valence-electron chi connectivity index (χ4n) is 4.10. The van der Waals surface area contributed by atoms with Crippen molar-refractivity contribution in [3.63, 3.8) is 0 Å². The van der Waals surface area contributed by atoms with Gasteiger partial charge in [-0.2, -0.15) is 0 Å². The number of amides is 1. The van der Waals surface area contributed by atoms with E-state index in [4.69, 9.17) is 4.74 Å². The summed E-state index contributed by atoms with van der Waals surface area (Å²) in [6, 6.07) is 5.53. The van der Waals surface area contributed by atoms with Gasteiger partial charge in [0, 0.05) is 49.1 Å². The van der Waals surface area contributed by atoms with Crippen molar-refractivity contribution in [3.05, 3.63) is 53.0 Å². The number of carbonyl (C=O) groups is 1. The van der Waals surface area contributed by atoms with Crippen LogP contribution in [0.3, 0.4) is 0 Å². The molecule has 1 amide bonds. The summed E-state index contributed by atoms with van der Waals surface area (Å²) in [6.45, 7) is 1.82. The second-order valence-corrected chi connectivity index (χ2v) is 7.08. The molecule has 2 fully saturated rings. The topological polar surface area (TPSA) is 77.3 Å². The van der Waals surface area contributed by atoms with Crippen LogP contribution >= 0.6 is 0 Å². The lowest BCUT2D eigenvalue weighted by Gasteiger charge is -2.39. The van der Waals surface area contributed by atoms with Gasteiger partial charge in [0.05, 0.1) is 6.33 Å². The number of rotatable bonds is 4. The zero-order chi connectivity index (χ0) is 18.1. The van der Waals surface area contributed by atoms with Gasteiger partial charge in [-0.1, -0.05) is 0 Å². The van der Waals surface area contributed by atoms with E-state index in [2.05, 4.69) is 9.97 Å². The largest absolute Gasteiger partial charge is 0.490 e. The number of aromatic nitrogens is 3. The van der Waals surface area contributed by atoms with E-state index in [0.717, 1.165) is 31.4 Å². The molecule has 0 aromatic carbocycles. The van der Waals surface area contributed by atoms with Crippen molar-refractivity contribution in [2.24, 2.45) is 0 Å². The molecule has 2 atom stereocenters. The lowest BCUT2D eigenvalue weighted by Crippen LogP contribution is -2.50. The molecule has 7 heteroatoms. The highest BCUT2D eigenvalue weighted by Crippen LogP contribution is 2.37. The molecule has 0 aliphatic carbocycles. The van der Waals surface area contributed by atoms with Crippen molar-refractivity contribution in [1.29, 1.82) is 0 Å². The summed E-state index contributed by atoms with van der Waals surface area (Å²) in [6.07, 6.45) is 8.64. The normalized spacial score (nSPS) is 24.5. The van der Waals surface area contributed by atoms with Crippen LogP contribution in [-0.2, 0) is 11.3 Å². The third kappa shape index (κ3) is 3.34. The second kappa shape index (κ2) is 6.90. The number of hydrogen-bond acceptors (Lipinski definition) is 5. The number of fused-ring (bicyclic) bond motifs is 2. The van der Waals surface area contributed by atoms with Gasteiger partial charge in [-0.05, 0) is 31.9 Å². The number of piperidine rings is 1. The van der Waals surface area contributed by atoms with Crippen LogP contribution in [0.5, 0.6) is 5.75 Å². The first kappa shape index (κ1) is 16.8. The van der Waals surface area contributed by atoms with Crippen LogP contribution in [0.15, 0.2) is 41.7 Å². The van der Waals surface area contributed by atoms with Gasteiger partial charge in [0.1, 0.15) is 18.4 Å². The quantitative estimate of drug-likeness (QED) is 0.832. The SMILES string of the molecule is Cc1cc(=O)n(CC(=O)N2C3CCC2CC(Oc2ccncc2)C3)cn1. The van der Waals surface area contributed by atoms with Gasteiger partial charge < -0.3 is 9.64 Å². The lowest BCUT2D eigenvalue weighted by atomic mass is 9.99. The van der Waals surface area contributed by atoms with E-state index in [-0.39, 0.29) is 36.2 Å². The van der Waals surface area contributed by atoms with Crippen LogP contribution < -0.4 is 10.3 Å². The summed E-state index contributed by atoms with van der Waals surface area (Å²) in [5.74, 6) is 0.814. The Labute approximate surface area is 151 Å². The highest BCUT2D eigenvalue weighted by Gasteiger charge is 2.43. The summed E-state index contributed by atoms with van der Waals surface area (Å²) < 4.78 is 7.45. The first-order chi connectivity index (χ1) is 12.6. The number of aryl methyl sites for hydroxylation is 1. The molecule has 2 bridgehead atoms. The molecule has 4 heterocycles. The molecule has 0 spiro atoms. The third-order valence-electron chi connectivity index (χ3n) is 5.25. The maximum absolute atomic E-state index is 12.8. The molecule has 0 radical (unpaired) electrons. The molecule has 2 aliphatic rings. The zero-order valence-electron chi connectivity index (χ0n) is 14.7. The maximum atomic E-state index is 12.8. The predicted octanol–water partition coefficient (Wildman–Crippen LogP) is 1.55. The molecule has 2 saturated heterocycles. The van der Waals surface area contributed by atoms with Gasteiger partial charge in [0.25, 0.3) is 5.56 Å². The average molecular weight is 354 g/mol. The highest BCUT2D eigenvalue weighted by atomic mass is 16.5. The molecule has 26 heavy (non-hydrogen) atoms. The van der Waals surface area contributed by atoms with E-state index >= 15 is 0 Å². The smallest absolute Gasteiger partial charge is 0.253 e. The van der Waals surface area contributed by atoms with E-state index in [0.29, 0.717) is 5.69 Å². The minimum absolute atomic E-state index is 0.00684. The number of pyridine rings is 1. The second-order valence-electron chi connectivity index (χ2n) is 7.08. The van der Waals surface area contributed by atoms with E-state index in [1.165, 1.54) is 17.0 Å². The zero-order valence-corrected chi connectivity index (χ0v) is 14.7. The van der Waals surface area contributed by atoms with Gasteiger partial charge >= 0.3 is 0 Å². The van der Waals surface area contributed by atoms with Gasteiger partial charge in [-0.25, -0.2) is 4.98 Å². The van der Waals surface area contributed by atoms with Gasteiger partial charge in [-0.3, -0.25) is 19.1 Å². The minimum atomic E-state index is -0.186. The van der Waals surface area contributed by atoms with E-state index in [9.17, 15) is 9.59 Å². The fraction of sp³-hybridized carbons (Fsp3) is 0.474. The number of ether oxygens (including phenoxy) is 1. The molecular formula is C19H22N4O3. The number of nitrogens with zero attached hydrogens (tertiary/aromatic N) is 4. The first-order valence-corrected chi connectivity index (χ1v) is 9.01. The first-order valence-electron chi connectivity index (χ1n) is 9.01. The monoisotopic (exact) mass is 354 g/mol. The van der Waals surface area contributed by atoms with Crippen molar-refractivity contribution in [3.8, 4) is 5.75 Å². The third-order valence-corrected chi connectivity index (χ3v) is 5.25. The Balaban J connectivity index is 1.43. The number of hydrogen-bond donors (Lipinski definition) is 0. The maximum Gasteiger partial charge on any atom is 0.253 e. The Kier molecular flexibility index (Phi) is 4.44. The lowest BCUT2D eigenvalue weighted by molar-refractivity contribution is -0.137. The van der Waals surface area contributed by atoms with Crippen LogP contribution in [0.4, 0.5) is 0 Å². The molecular weight excluding hydrogens is 332 g/mol. The number of carbonyl (C=O) groups excluding carboxylic acids is 1. The van der Waals surface area contributed by atoms with Crippen molar-refractivity contribution in [2.45, 2.75) is 57.3 Å². The van der Waals surface area contributed by atoms with Crippen molar-refractivity contribution < 1.29 is 9.53 Å². The molecule has 2 aromatic rings. The highest BCUT2D eigenvalue weighted by molar-refractivity contribution is 5.77. The summed E-state index contributed by atoms with van der Waals surface area (Å²) in [7, 11) is 0. The standard InChI is InChI=1S/C19H22N4O3/c1-13-8-18(24)22(12-21-13)11-19(25)23-14-2-3-15(23)10-17(9-14)26-16-4-6-20-7-5-16/h4-8,12,14-15,17H,2-3,9-11H2,1H3. The minimum Gasteiger partial charge on any atom is -0.490 e. The Morgan fingerprint density at radius 2 is 1.92 bits per heavy atom. The Morgan fingerprint density at radius 3 is 2.58 bits per heavy atom. The summed E-state index contributed by atoms with van der Waals surface area (Å²) in [4.78, 5) is 34.9. The molecule has 2 aromatic heterocycles. The van der Waals surface area contributed by atoms with E-state index < -0.39 is 0 Å². The molecule has 2 unspecified atom stereocenters. The van der Waals surface area contributed by atoms with Crippen LogP contribution in [-0.4, -0.2) is 43.5 Å². The van der Waals surface area contributed by atoms with E-state index in [1.54, 1.807) is 19.3 Å². The Hall–Kier alpha value is -2.70. The van der Waals surface area contributed by atoms with Crippen LogP contribution in [0.1, 0.15) is 31.4 Å². The van der Waals surface area contributed by atoms with Crippen molar-refractivity contribution in [1.82, 2.24) is 19.4 Å². The summed E-state index contributed by atoms with van der Waals surface area (Å²) in [5, 5.41) is 0. The van der Waals surface area contributed by atoms with Gasteiger partial charge in [0.2, 0.25) is 5.91 Å². The van der Waals surface area contributed by atoms with Crippen LogP contribution in [0.2, 0.25) is 0 Å². The Bertz CT molecular complexity index is 837. The van der Waals surface area contributed by atoms with Crippen LogP contribution in [0.25, 0.3) is 0 Å². The average Bonchev–Trinajstić information content (AvgIpc) is 2.89. The van der Waals surface area contributed by atoms with Gasteiger partial charge in [0.15, 0.2) is 0 Å². The summed E-state index contributed by atoms with van der Waals surface area (Å²) >= 11 is 0. The van der Waals surface area contributed by atoms with Crippen molar-refractivity contribution in [2.75, 3.05) is 0 Å². The van der Waals surface area contributed by atoms with Gasteiger partial charge in [-0.15, -0.1) is 0 Å². The van der Waals surface area contributed by atoms with Crippen molar-refractivity contribution >= 4 is 5.91 Å². The molecule has 7 nitrogen and oxygen atoms in total. The molecule has 0 saturated carbocycles. The van der Waals surface area contributed by atoms with E-state index in [1.807, 2.05) is 17.0 Å². The molecule has 2 aliphatic heterocycles. The Morgan fingerprint density at radius 1 is 1.23 bits per heavy atom. The molecule has 136 valence electrons. The predicted molar refractivity (Wildman–Crippen MR) is 94.8 cm³/mol.